The van der Waals surface area contributed by atoms with Crippen molar-refractivity contribution < 1.29 is 9.31 Å². The van der Waals surface area contributed by atoms with E-state index >= 15 is 0 Å². The van der Waals surface area contributed by atoms with Crippen molar-refractivity contribution in [2.75, 3.05) is 13.2 Å². The minimum Gasteiger partial charge on any atom is -0.410 e. The van der Waals surface area contributed by atoms with Crippen LogP contribution in [-0.4, -0.2) is 20.3 Å². The van der Waals surface area contributed by atoms with Gasteiger partial charge < -0.3 is 9.31 Å². The maximum atomic E-state index is 5.91. The van der Waals surface area contributed by atoms with E-state index in [1.165, 1.54) is 25.7 Å². The highest BCUT2D eigenvalue weighted by Crippen LogP contribution is 2.53. The fraction of sp³-hybridized carbons (Fsp3) is 1.00. The second-order valence-electron chi connectivity index (χ2n) is 6.49. The summed E-state index contributed by atoms with van der Waals surface area (Å²) >= 11 is 0. The molecule has 0 aromatic carbocycles. The molecule has 2 nitrogen and oxygen atoms in total. The van der Waals surface area contributed by atoms with Crippen LogP contribution in [-0.2, 0) is 9.31 Å². The van der Waals surface area contributed by atoms with Crippen LogP contribution in [0, 0.1) is 17.3 Å². The first kappa shape index (κ1) is 10.2. The fourth-order valence-corrected chi connectivity index (χ4v) is 3.58. The Morgan fingerprint density at radius 3 is 2.33 bits per heavy atom. The Morgan fingerprint density at radius 2 is 1.80 bits per heavy atom. The summed E-state index contributed by atoms with van der Waals surface area (Å²) in [4.78, 5) is 0. The van der Waals surface area contributed by atoms with E-state index in [0.717, 1.165) is 25.0 Å². The molecule has 3 fully saturated rings. The Labute approximate surface area is 92.9 Å². The second-order valence-corrected chi connectivity index (χ2v) is 6.49. The number of hydrogen-bond donors (Lipinski definition) is 0. The molecule has 0 spiro atoms. The van der Waals surface area contributed by atoms with Gasteiger partial charge in [-0.1, -0.05) is 26.7 Å². The van der Waals surface area contributed by atoms with Crippen LogP contribution >= 0.6 is 0 Å². The van der Waals surface area contributed by atoms with Gasteiger partial charge in [0.1, 0.15) is 0 Å². The summed E-state index contributed by atoms with van der Waals surface area (Å²) in [5.41, 5.74) is 0.216. The van der Waals surface area contributed by atoms with Crippen LogP contribution in [0.15, 0.2) is 0 Å². The van der Waals surface area contributed by atoms with Gasteiger partial charge in [0.15, 0.2) is 0 Å². The molecule has 84 valence electrons. The van der Waals surface area contributed by atoms with Gasteiger partial charge in [-0.2, -0.15) is 0 Å². The zero-order valence-electron chi connectivity index (χ0n) is 9.87. The van der Waals surface area contributed by atoms with Crippen LogP contribution < -0.4 is 0 Å². The quantitative estimate of drug-likeness (QED) is 0.617. The van der Waals surface area contributed by atoms with Crippen molar-refractivity contribution in [1.29, 1.82) is 0 Å². The third kappa shape index (κ3) is 1.85. The van der Waals surface area contributed by atoms with Crippen LogP contribution in [0.25, 0.3) is 0 Å². The van der Waals surface area contributed by atoms with Gasteiger partial charge in [-0.05, 0) is 30.5 Å². The summed E-state index contributed by atoms with van der Waals surface area (Å²) in [6.45, 7) is 6.16. The summed E-state index contributed by atoms with van der Waals surface area (Å²) < 4.78 is 11.8. The molecule has 2 saturated carbocycles. The molecule has 1 heterocycles. The predicted molar refractivity (Wildman–Crippen MR) is 60.6 cm³/mol. The maximum Gasteiger partial charge on any atom is 0.460 e. The van der Waals surface area contributed by atoms with Crippen molar-refractivity contribution in [1.82, 2.24) is 0 Å². The lowest BCUT2D eigenvalue weighted by Gasteiger charge is -2.37. The lowest BCUT2D eigenvalue weighted by atomic mass is 9.62. The van der Waals surface area contributed by atoms with Gasteiger partial charge in [0.2, 0.25) is 0 Å². The van der Waals surface area contributed by atoms with Crippen LogP contribution in [0.2, 0.25) is 5.82 Å². The van der Waals surface area contributed by atoms with Crippen molar-refractivity contribution in [3.63, 3.8) is 0 Å². The second kappa shape index (κ2) is 3.49. The minimum absolute atomic E-state index is 0.119. The molecule has 0 aromatic heterocycles. The molecule has 15 heavy (non-hydrogen) atoms. The Kier molecular flexibility index (Phi) is 2.37. The van der Waals surface area contributed by atoms with Crippen molar-refractivity contribution in [2.45, 2.75) is 45.3 Å². The highest BCUT2D eigenvalue weighted by atomic mass is 16.6. The average Bonchev–Trinajstić information content (AvgIpc) is 2.78. The van der Waals surface area contributed by atoms with Crippen molar-refractivity contribution in [3.8, 4) is 0 Å². The topological polar surface area (TPSA) is 18.5 Å². The van der Waals surface area contributed by atoms with Gasteiger partial charge in [-0.15, -0.1) is 0 Å². The molecule has 3 aliphatic rings. The molecule has 1 saturated heterocycles. The summed E-state index contributed by atoms with van der Waals surface area (Å²) in [5.74, 6) is 2.60. The molecule has 0 amide bonds. The number of rotatable bonds is 1. The molecule has 0 N–H and O–H groups in total. The van der Waals surface area contributed by atoms with Crippen LogP contribution in [0.1, 0.15) is 39.5 Å². The summed E-state index contributed by atoms with van der Waals surface area (Å²) in [6.07, 6.45) is 5.67. The third-order valence-corrected chi connectivity index (χ3v) is 4.42. The molecule has 0 radical (unpaired) electrons. The minimum atomic E-state index is 0.119. The third-order valence-electron chi connectivity index (χ3n) is 4.42. The predicted octanol–water partition coefficient (Wildman–Crippen LogP) is 2.74. The highest BCUT2D eigenvalue weighted by molar-refractivity contribution is 6.46. The summed E-state index contributed by atoms with van der Waals surface area (Å²) in [7, 11) is 0.119. The van der Waals surface area contributed by atoms with E-state index in [2.05, 4.69) is 13.8 Å². The average molecular weight is 208 g/mol. The van der Waals surface area contributed by atoms with Gasteiger partial charge in [-0.3, -0.25) is 0 Å². The van der Waals surface area contributed by atoms with Gasteiger partial charge in [-0.25, -0.2) is 0 Å². The van der Waals surface area contributed by atoms with Crippen LogP contribution in [0.5, 0.6) is 0 Å². The number of hydrogen-bond acceptors (Lipinski definition) is 2. The molecule has 0 unspecified atom stereocenters. The highest BCUT2D eigenvalue weighted by Gasteiger charge is 2.49. The molecule has 2 aliphatic carbocycles. The lowest BCUT2D eigenvalue weighted by molar-refractivity contribution is 0.0212. The summed E-state index contributed by atoms with van der Waals surface area (Å²) in [6, 6.07) is 0. The maximum absolute atomic E-state index is 5.91. The molecule has 3 rings (SSSR count). The van der Waals surface area contributed by atoms with E-state index in [4.69, 9.17) is 9.31 Å². The van der Waals surface area contributed by atoms with Crippen molar-refractivity contribution >= 4 is 7.12 Å². The summed E-state index contributed by atoms with van der Waals surface area (Å²) in [5, 5.41) is 0. The SMILES string of the molecule is CC1(C)COB([C@H]2C[C@@H]3CC[C@H]2C3)OC1. The van der Waals surface area contributed by atoms with Gasteiger partial charge >= 0.3 is 7.12 Å². The van der Waals surface area contributed by atoms with Crippen molar-refractivity contribution in [3.05, 3.63) is 0 Å². The van der Waals surface area contributed by atoms with Gasteiger partial charge in [0.05, 0.1) is 0 Å². The molecular weight excluding hydrogens is 187 g/mol. The lowest BCUT2D eigenvalue weighted by Crippen LogP contribution is -2.44. The molecule has 2 bridgehead atoms. The van der Waals surface area contributed by atoms with E-state index in [9.17, 15) is 0 Å². The van der Waals surface area contributed by atoms with E-state index in [0.29, 0.717) is 5.82 Å². The first-order chi connectivity index (χ1) is 7.14. The van der Waals surface area contributed by atoms with E-state index in [1.54, 1.807) is 0 Å². The van der Waals surface area contributed by atoms with Gasteiger partial charge in [0.25, 0.3) is 0 Å². The Morgan fingerprint density at radius 1 is 1.07 bits per heavy atom. The fourth-order valence-electron chi connectivity index (χ4n) is 3.58. The van der Waals surface area contributed by atoms with Gasteiger partial charge in [0, 0.05) is 18.6 Å². The Balaban J connectivity index is 1.61. The monoisotopic (exact) mass is 208 g/mol. The van der Waals surface area contributed by atoms with E-state index in [1.807, 2.05) is 0 Å². The largest absolute Gasteiger partial charge is 0.460 e. The van der Waals surface area contributed by atoms with E-state index < -0.39 is 0 Å². The Hall–Kier alpha value is -0.0151. The smallest absolute Gasteiger partial charge is 0.410 e. The molecular formula is C12H21BO2. The Bertz CT molecular complexity index is 244. The molecule has 0 aromatic rings. The van der Waals surface area contributed by atoms with Crippen LogP contribution in [0.4, 0.5) is 0 Å². The molecule has 1 aliphatic heterocycles. The first-order valence-corrected chi connectivity index (χ1v) is 6.37. The standard InChI is InChI=1S/C12H21BO2/c1-12(2)7-14-13(15-8-12)11-6-9-3-4-10(11)5-9/h9-11H,3-8H2,1-2H3/t9-,10+,11+/m1/s1. The number of fused-ring (bicyclic) bond motifs is 2. The molecule has 3 heteroatoms. The first-order valence-electron chi connectivity index (χ1n) is 6.37. The normalized spacial score (nSPS) is 43.6. The van der Waals surface area contributed by atoms with E-state index in [-0.39, 0.29) is 12.5 Å². The molecule has 3 atom stereocenters. The zero-order chi connectivity index (χ0) is 10.5. The van der Waals surface area contributed by atoms with Crippen LogP contribution in [0.3, 0.4) is 0 Å². The van der Waals surface area contributed by atoms with Crippen molar-refractivity contribution in [2.24, 2.45) is 17.3 Å². The zero-order valence-corrected chi connectivity index (χ0v) is 9.87.